The third-order valence-corrected chi connectivity index (χ3v) is 5.01. The Morgan fingerprint density at radius 3 is 2.35 bits per heavy atom. The van der Waals surface area contributed by atoms with Crippen molar-refractivity contribution in [1.29, 1.82) is 0 Å². The molecule has 3 aromatic rings. The lowest BCUT2D eigenvalue weighted by Gasteiger charge is -2.13. The molecule has 0 aliphatic rings. The Morgan fingerprint density at radius 1 is 1.00 bits per heavy atom. The zero-order valence-electron chi connectivity index (χ0n) is 12.7. The van der Waals surface area contributed by atoms with Crippen molar-refractivity contribution in [1.82, 2.24) is 0 Å². The van der Waals surface area contributed by atoms with Crippen LogP contribution in [-0.2, 0) is 0 Å². The number of fused-ring (bicyclic) bond motifs is 1. The van der Waals surface area contributed by atoms with E-state index in [1.807, 2.05) is 44.2 Å². The van der Waals surface area contributed by atoms with Crippen LogP contribution in [0.5, 0.6) is 0 Å². The number of nitrogens with zero attached hydrogens (tertiary/aromatic N) is 2. The van der Waals surface area contributed by atoms with E-state index in [0.29, 0.717) is 27.5 Å². The molecule has 1 aromatic heterocycles. The molecule has 0 bridgehead atoms. The summed E-state index contributed by atoms with van der Waals surface area (Å²) in [7, 11) is 0. The Kier molecular flexibility index (Phi) is 4.46. The fourth-order valence-corrected chi connectivity index (χ4v) is 3.58. The fraction of sp³-hybridized carbons (Fsp3) is 0.176. The molecule has 4 nitrogen and oxygen atoms in total. The Balaban J connectivity index is 2.40. The minimum Gasteiger partial charge on any atom is -0.617 e. The van der Waals surface area contributed by atoms with E-state index in [4.69, 9.17) is 0 Å². The predicted molar refractivity (Wildman–Crippen MR) is 96.1 cm³/mol. The highest BCUT2D eigenvalue weighted by Gasteiger charge is 2.29. The number of aryl methyl sites for hydroxylation is 1. The highest BCUT2D eigenvalue weighted by Crippen LogP contribution is 2.28. The lowest BCUT2D eigenvalue weighted by atomic mass is 10.1. The van der Waals surface area contributed by atoms with Crippen LogP contribution in [-0.4, -0.2) is 5.75 Å². The largest absolute Gasteiger partial charge is 0.617 e. The summed E-state index contributed by atoms with van der Waals surface area (Å²) in [5.74, 6) is 0.711. The molecule has 1 heterocycles. The predicted octanol–water partition coefficient (Wildman–Crippen LogP) is 3.96. The molecule has 0 amide bonds. The maximum atomic E-state index is 13.0. The van der Waals surface area contributed by atoms with Crippen molar-refractivity contribution >= 4 is 38.7 Å². The van der Waals surface area contributed by atoms with Crippen molar-refractivity contribution in [2.45, 2.75) is 18.9 Å². The number of hydrogen-bond donors (Lipinski definition) is 0. The number of halogens is 1. The van der Waals surface area contributed by atoms with Crippen molar-refractivity contribution in [3.05, 3.63) is 62.9 Å². The van der Waals surface area contributed by atoms with Gasteiger partial charge in [0.05, 0.1) is 5.56 Å². The first-order valence-electron chi connectivity index (χ1n) is 7.21. The molecule has 0 unspecified atom stereocenters. The van der Waals surface area contributed by atoms with Gasteiger partial charge < -0.3 is 10.4 Å². The molecule has 118 valence electrons. The molecule has 2 aromatic carbocycles. The maximum Gasteiger partial charge on any atom is 0.326 e. The number of benzene rings is 2. The number of thioether (sulfide) groups is 1. The molecule has 3 rings (SSSR count). The summed E-state index contributed by atoms with van der Waals surface area (Å²) in [5.41, 5.74) is 2.85. The van der Waals surface area contributed by atoms with Gasteiger partial charge in [-0.1, -0.05) is 28.9 Å². The smallest absolute Gasteiger partial charge is 0.326 e. The summed E-state index contributed by atoms with van der Waals surface area (Å²) in [6.07, 6.45) is 0. The van der Waals surface area contributed by atoms with Crippen molar-refractivity contribution in [3.8, 4) is 11.3 Å². The minimum absolute atomic E-state index is 0.387. The lowest BCUT2D eigenvalue weighted by molar-refractivity contribution is -0.653. The summed E-state index contributed by atoms with van der Waals surface area (Å²) in [5, 5.41) is 26.2. The van der Waals surface area contributed by atoms with Crippen LogP contribution < -0.4 is 9.46 Å². The second-order valence-corrected chi connectivity index (χ2v) is 7.34. The summed E-state index contributed by atoms with van der Waals surface area (Å²) in [6.45, 7) is 3.87. The Labute approximate surface area is 147 Å². The van der Waals surface area contributed by atoms with Gasteiger partial charge in [0, 0.05) is 22.4 Å². The van der Waals surface area contributed by atoms with Gasteiger partial charge in [-0.2, -0.15) is 4.73 Å². The van der Waals surface area contributed by atoms with Gasteiger partial charge in [-0.25, -0.2) is 0 Å². The molecular formula is C17H15BrN2O2S. The second kappa shape index (κ2) is 6.37. The van der Waals surface area contributed by atoms with Crippen LogP contribution in [0.1, 0.15) is 12.5 Å². The van der Waals surface area contributed by atoms with E-state index in [1.165, 1.54) is 11.8 Å². The quantitative estimate of drug-likeness (QED) is 0.386. The van der Waals surface area contributed by atoms with E-state index in [2.05, 4.69) is 15.9 Å². The molecule has 0 fully saturated rings. The van der Waals surface area contributed by atoms with Gasteiger partial charge in [-0.15, -0.1) is 4.73 Å². The minimum atomic E-state index is 0.387. The van der Waals surface area contributed by atoms with Crippen LogP contribution in [0.4, 0.5) is 0 Å². The summed E-state index contributed by atoms with van der Waals surface area (Å²) < 4.78 is 2.67. The molecule has 0 saturated carbocycles. The van der Waals surface area contributed by atoms with E-state index in [1.54, 1.807) is 12.1 Å². The van der Waals surface area contributed by atoms with Gasteiger partial charge in [-0.05, 0) is 48.5 Å². The van der Waals surface area contributed by atoms with Crippen LogP contribution in [0.3, 0.4) is 0 Å². The highest BCUT2D eigenvalue weighted by molar-refractivity contribution is 9.10. The molecule has 0 atom stereocenters. The van der Waals surface area contributed by atoms with Gasteiger partial charge in [-0.3, -0.25) is 0 Å². The first-order chi connectivity index (χ1) is 11.0. The van der Waals surface area contributed by atoms with Crippen LogP contribution in [0.25, 0.3) is 22.3 Å². The summed E-state index contributed by atoms with van der Waals surface area (Å²) in [4.78, 5) is 0. The summed E-state index contributed by atoms with van der Waals surface area (Å²) >= 11 is 4.77. The van der Waals surface area contributed by atoms with Gasteiger partial charge in [0.1, 0.15) is 0 Å². The topological polar surface area (TPSA) is 53.9 Å². The molecular weight excluding hydrogens is 376 g/mol. The highest BCUT2D eigenvalue weighted by atomic mass is 79.9. The van der Waals surface area contributed by atoms with Crippen molar-refractivity contribution < 1.29 is 9.46 Å². The van der Waals surface area contributed by atoms with Crippen molar-refractivity contribution in [2.24, 2.45) is 0 Å². The second-order valence-electron chi connectivity index (χ2n) is 5.17. The molecule has 6 heteroatoms. The Morgan fingerprint density at radius 2 is 1.70 bits per heavy atom. The Hall–Kier alpha value is -1.79. The molecule has 0 aliphatic heterocycles. The van der Waals surface area contributed by atoms with Crippen molar-refractivity contribution in [2.75, 3.05) is 5.75 Å². The lowest BCUT2D eigenvalue weighted by Crippen LogP contribution is -2.42. The molecule has 0 radical (unpaired) electrons. The van der Waals surface area contributed by atoms with Crippen LogP contribution in [0, 0.1) is 17.3 Å². The van der Waals surface area contributed by atoms with E-state index >= 15 is 0 Å². The fourth-order valence-electron chi connectivity index (χ4n) is 2.49. The summed E-state index contributed by atoms with van der Waals surface area (Å²) in [6, 6.07) is 12.7. The van der Waals surface area contributed by atoms with E-state index in [-0.39, 0.29) is 0 Å². The SMILES string of the molecule is CCSc1c(-c2ccc(Br)cc2)[n+]([O-])c2cc(C)ccc2[n+]1[O-]. The maximum absolute atomic E-state index is 13.0. The van der Waals surface area contributed by atoms with E-state index < -0.39 is 0 Å². The van der Waals surface area contributed by atoms with E-state index in [9.17, 15) is 10.4 Å². The number of aromatic nitrogens is 2. The number of rotatable bonds is 3. The van der Waals surface area contributed by atoms with Crippen LogP contribution >= 0.6 is 27.7 Å². The van der Waals surface area contributed by atoms with Gasteiger partial charge in [0.15, 0.2) is 0 Å². The zero-order chi connectivity index (χ0) is 16.6. The molecule has 0 saturated heterocycles. The zero-order valence-corrected chi connectivity index (χ0v) is 15.1. The standard InChI is InChI=1S/C17H15BrN2O2S/c1-3-23-17-16(12-5-7-13(18)8-6-12)19(21)15-10-11(2)4-9-14(15)20(17)22/h4-10H,3H2,1-2H3. The van der Waals surface area contributed by atoms with Crippen LogP contribution in [0.2, 0.25) is 0 Å². The molecule has 23 heavy (non-hydrogen) atoms. The molecule has 0 spiro atoms. The first kappa shape index (κ1) is 16.1. The van der Waals surface area contributed by atoms with Crippen molar-refractivity contribution in [3.63, 3.8) is 0 Å². The molecule has 0 N–H and O–H groups in total. The van der Waals surface area contributed by atoms with Gasteiger partial charge in [0.2, 0.25) is 0 Å². The van der Waals surface area contributed by atoms with Crippen LogP contribution in [0.15, 0.2) is 52.0 Å². The normalized spacial score (nSPS) is 11.1. The third kappa shape index (κ3) is 2.88. The average molecular weight is 391 g/mol. The van der Waals surface area contributed by atoms with E-state index in [0.717, 1.165) is 25.1 Å². The number of hydrogen-bond acceptors (Lipinski definition) is 3. The third-order valence-electron chi connectivity index (χ3n) is 3.56. The monoisotopic (exact) mass is 390 g/mol. The first-order valence-corrected chi connectivity index (χ1v) is 8.99. The van der Waals surface area contributed by atoms with Gasteiger partial charge >= 0.3 is 10.7 Å². The Bertz CT molecular complexity index is 882. The average Bonchev–Trinajstić information content (AvgIpc) is 2.54. The van der Waals surface area contributed by atoms with Gasteiger partial charge in [0.25, 0.3) is 11.0 Å². The molecule has 0 aliphatic carbocycles.